The van der Waals surface area contributed by atoms with Gasteiger partial charge in [-0.05, 0) is 17.7 Å². The second-order valence-electron chi connectivity index (χ2n) is 6.68. The Labute approximate surface area is 182 Å². The third-order valence-corrected chi connectivity index (χ3v) is 4.70. The van der Waals surface area contributed by atoms with Crippen LogP contribution in [0.4, 0.5) is 24.9 Å². The molecule has 1 heterocycles. The van der Waals surface area contributed by atoms with Gasteiger partial charge in [0.15, 0.2) is 0 Å². The van der Waals surface area contributed by atoms with Crippen LogP contribution in [-0.4, -0.2) is 34.7 Å². The summed E-state index contributed by atoms with van der Waals surface area (Å²) >= 11 is 5.85. The first-order valence-electron chi connectivity index (χ1n) is 9.45. The summed E-state index contributed by atoms with van der Waals surface area (Å²) in [4.78, 5) is 8.67. The lowest BCUT2D eigenvalue weighted by Gasteiger charge is -2.15. The Hall–Kier alpha value is -2.88. The molecule has 1 aromatic heterocycles. The van der Waals surface area contributed by atoms with Gasteiger partial charge in [0.2, 0.25) is 5.95 Å². The van der Waals surface area contributed by atoms with Crippen molar-refractivity contribution in [3.8, 4) is 11.3 Å². The number of aliphatic hydroxyl groups excluding tert-OH is 1. The van der Waals surface area contributed by atoms with Crippen LogP contribution in [0.2, 0.25) is 5.02 Å². The zero-order chi connectivity index (χ0) is 22.4. The number of hydrogen-bond donors (Lipinski definition) is 4. The molecule has 5 N–H and O–H groups in total. The average Bonchev–Trinajstić information content (AvgIpc) is 2.75. The molecule has 0 aliphatic heterocycles. The van der Waals surface area contributed by atoms with Gasteiger partial charge in [0.05, 0.1) is 22.4 Å². The third kappa shape index (κ3) is 6.06. The lowest BCUT2D eigenvalue weighted by Crippen LogP contribution is -2.17. The van der Waals surface area contributed by atoms with Gasteiger partial charge >= 0.3 is 6.18 Å². The van der Waals surface area contributed by atoms with Crippen LogP contribution in [0.1, 0.15) is 17.2 Å². The first-order valence-corrected chi connectivity index (χ1v) is 9.82. The fourth-order valence-electron chi connectivity index (χ4n) is 2.85. The van der Waals surface area contributed by atoms with E-state index < -0.39 is 22.9 Å². The number of nitrogens with two attached hydrogens (primary N) is 1. The van der Waals surface area contributed by atoms with Crippen LogP contribution in [0.5, 0.6) is 0 Å². The van der Waals surface area contributed by atoms with Crippen LogP contribution in [0.25, 0.3) is 11.3 Å². The summed E-state index contributed by atoms with van der Waals surface area (Å²) in [5.74, 6) is 0.631. The number of aliphatic hydroxyl groups is 1. The van der Waals surface area contributed by atoms with Gasteiger partial charge < -0.3 is 21.5 Å². The molecule has 0 saturated heterocycles. The maximum Gasteiger partial charge on any atom is 0.417 e. The minimum absolute atomic E-state index is 0.171. The molecule has 6 nitrogen and oxygen atoms in total. The number of halogens is 4. The highest BCUT2D eigenvalue weighted by molar-refractivity contribution is 6.31. The summed E-state index contributed by atoms with van der Waals surface area (Å²) in [6, 6.07) is 14.1. The van der Waals surface area contributed by atoms with Gasteiger partial charge in [0.25, 0.3) is 0 Å². The van der Waals surface area contributed by atoms with Crippen LogP contribution in [0.15, 0.2) is 54.6 Å². The molecule has 10 heteroatoms. The van der Waals surface area contributed by atoms with Gasteiger partial charge in [0.1, 0.15) is 5.82 Å². The SMILES string of the molecule is NCCNc1nc(NCC(O)c2ccccc2)cc(-c2ccc(C(F)(F)F)c(Cl)c2)n1. The van der Waals surface area contributed by atoms with Gasteiger partial charge in [-0.3, -0.25) is 0 Å². The van der Waals surface area contributed by atoms with E-state index in [2.05, 4.69) is 20.6 Å². The third-order valence-electron chi connectivity index (χ3n) is 4.38. The molecule has 3 aromatic rings. The molecule has 0 bridgehead atoms. The van der Waals surface area contributed by atoms with Crippen molar-refractivity contribution in [2.75, 3.05) is 30.3 Å². The molecule has 1 atom stereocenters. The molecule has 0 spiro atoms. The fraction of sp³-hybridized carbons (Fsp3) is 0.238. The Morgan fingerprint density at radius 2 is 1.77 bits per heavy atom. The van der Waals surface area contributed by atoms with Crippen LogP contribution in [0, 0.1) is 0 Å². The second-order valence-corrected chi connectivity index (χ2v) is 7.08. The second kappa shape index (κ2) is 9.95. The molecule has 2 aromatic carbocycles. The lowest BCUT2D eigenvalue weighted by atomic mass is 10.1. The van der Waals surface area contributed by atoms with Gasteiger partial charge in [0, 0.05) is 31.3 Å². The summed E-state index contributed by atoms with van der Waals surface area (Å²) in [6.45, 7) is 0.920. The van der Waals surface area contributed by atoms with E-state index in [0.29, 0.717) is 30.2 Å². The van der Waals surface area contributed by atoms with E-state index in [1.807, 2.05) is 18.2 Å². The van der Waals surface area contributed by atoms with E-state index in [1.165, 1.54) is 12.1 Å². The predicted molar refractivity (Wildman–Crippen MR) is 115 cm³/mol. The molecular weight excluding hydrogens is 431 g/mol. The minimum Gasteiger partial charge on any atom is -0.387 e. The number of rotatable bonds is 8. The van der Waals surface area contributed by atoms with Crippen molar-refractivity contribution >= 4 is 23.4 Å². The Kier molecular flexibility index (Phi) is 7.32. The van der Waals surface area contributed by atoms with E-state index in [-0.39, 0.29) is 12.5 Å². The zero-order valence-corrected chi connectivity index (χ0v) is 17.1. The van der Waals surface area contributed by atoms with Crippen LogP contribution in [0.3, 0.4) is 0 Å². The molecule has 0 amide bonds. The predicted octanol–water partition coefficient (Wildman–Crippen LogP) is 4.33. The Morgan fingerprint density at radius 3 is 2.42 bits per heavy atom. The molecule has 0 fully saturated rings. The minimum atomic E-state index is -4.55. The molecule has 0 saturated carbocycles. The zero-order valence-electron chi connectivity index (χ0n) is 16.3. The highest BCUT2D eigenvalue weighted by Crippen LogP contribution is 2.36. The molecule has 3 rings (SSSR count). The van der Waals surface area contributed by atoms with E-state index in [0.717, 1.165) is 11.6 Å². The van der Waals surface area contributed by atoms with Crippen molar-refractivity contribution in [1.82, 2.24) is 9.97 Å². The van der Waals surface area contributed by atoms with Crippen molar-refractivity contribution in [1.29, 1.82) is 0 Å². The van der Waals surface area contributed by atoms with Crippen molar-refractivity contribution in [3.05, 3.63) is 70.7 Å². The van der Waals surface area contributed by atoms with Crippen molar-refractivity contribution in [2.45, 2.75) is 12.3 Å². The largest absolute Gasteiger partial charge is 0.417 e. The van der Waals surface area contributed by atoms with E-state index in [9.17, 15) is 18.3 Å². The van der Waals surface area contributed by atoms with Crippen LogP contribution in [-0.2, 0) is 6.18 Å². The number of nitrogens with one attached hydrogen (secondary N) is 2. The molecular formula is C21H21ClF3N5O. The number of nitrogens with zero attached hydrogens (tertiary/aromatic N) is 2. The van der Waals surface area contributed by atoms with Crippen LogP contribution < -0.4 is 16.4 Å². The standard InChI is InChI=1S/C21H21ClF3N5O/c22-16-10-14(6-7-15(16)21(23,24)25)17-11-19(30-20(29-17)27-9-8-26)28-12-18(31)13-4-2-1-3-5-13/h1-7,10-11,18,31H,8-9,12,26H2,(H2,27,28,29,30). The Morgan fingerprint density at radius 1 is 1.03 bits per heavy atom. The molecule has 1 unspecified atom stereocenters. The maximum absolute atomic E-state index is 13.0. The van der Waals surface area contributed by atoms with Crippen LogP contribution >= 0.6 is 11.6 Å². The van der Waals surface area contributed by atoms with Gasteiger partial charge in [-0.2, -0.15) is 18.2 Å². The van der Waals surface area contributed by atoms with E-state index in [1.54, 1.807) is 18.2 Å². The maximum atomic E-state index is 13.0. The number of benzene rings is 2. The van der Waals surface area contributed by atoms with Crippen molar-refractivity contribution in [2.24, 2.45) is 5.73 Å². The van der Waals surface area contributed by atoms with Gasteiger partial charge in [-0.1, -0.05) is 48.0 Å². The highest BCUT2D eigenvalue weighted by atomic mass is 35.5. The Bertz CT molecular complexity index is 1020. The normalized spacial score (nSPS) is 12.5. The van der Waals surface area contributed by atoms with E-state index in [4.69, 9.17) is 17.3 Å². The number of alkyl halides is 3. The number of anilines is 2. The summed E-state index contributed by atoms with van der Waals surface area (Å²) in [5.41, 5.74) is 6.08. The van der Waals surface area contributed by atoms with Crippen molar-refractivity contribution in [3.63, 3.8) is 0 Å². The summed E-state index contributed by atoms with van der Waals surface area (Å²) < 4.78 is 39.0. The first kappa shape index (κ1) is 22.8. The molecule has 0 aliphatic carbocycles. The summed E-state index contributed by atoms with van der Waals surface area (Å²) in [5, 5.41) is 15.9. The summed E-state index contributed by atoms with van der Waals surface area (Å²) in [7, 11) is 0. The first-order chi connectivity index (χ1) is 14.8. The topological polar surface area (TPSA) is 96.1 Å². The summed E-state index contributed by atoms with van der Waals surface area (Å²) in [6.07, 6.45) is -5.32. The Balaban J connectivity index is 1.87. The molecule has 31 heavy (non-hydrogen) atoms. The highest BCUT2D eigenvalue weighted by Gasteiger charge is 2.33. The molecule has 0 aliphatic rings. The average molecular weight is 452 g/mol. The lowest BCUT2D eigenvalue weighted by molar-refractivity contribution is -0.137. The van der Waals surface area contributed by atoms with E-state index >= 15 is 0 Å². The quantitative estimate of drug-likeness (QED) is 0.407. The molecule has 0 radical (unpaired) electrons. The van der Waals surface area contributed by atoms with Gasteiger partial charge in [-0.25, -0.2) is 4.98 Å². The smallest absolute Gasteiger partial charge is 0.387 e. The monoisotopic (exact) mass is 451 g/mol. The molecule has 164 valence electrons. The number of hydrogen-bond acceptors (Lipinski definition) is 6. The van der Waals surface area contributed by atoms with Gasteiger partial charge in [-0.15, -0.1) is 0 Å². The number of aromatic nitrogens is 2. The fourth-order valence-corrected chi connectivity index (χ4v) is 3.14. The van der Waals surface area contributed by atoms with Crippen molar-refractivity contribution < 1.29 is 18.3 Å².